The highest BCUT2D eigenvalue weighted by molar-refractivity contribution is 6.63. The van der Waals surface area contributed by atoms with Crippen molar-refractivity contribution in [3.05, 3.63) is 0 Å². The highest BCUT2D eigenvalue weighted by atomic mass is 28.4. The molecule has 0 aromatic carbocycles. The molecule has 0 aromatic heterocycles. The van der Waals surface area contributed by atoms with E-state index in [1.165, 1.54) is 0 Å². The van der Waals surface area contributed by atoms with Gasteiger partial charge in [0, 0.05) is 6.42 Å². The van der Waals surface area contributed by atoms with Crippen molar-refractivity contribution in [1.82, 2.24) is 0 Å². The summed E-state index contributed by atoms with van der Waals surface area (Å²) in [5.41, 5.74) is 0. The van der Waals surface area contributed by atoms with Gasteiger partial charge in [-0.2, -0.15) is 39.5 Å². The molecule has 0 aliphatic rings. The normalized spacial score (nSPS) is 15.8. The van der Waals surface area contributed by atoms with E-state index in [-0.39, 0.29) is 0 Å². The Balaban J connectivity index is 5.28. The van der Waals surface area contributed by atoms with E-state index in [1.807, 2.05) is 0 Å². The first-order valence-corrected chi connectivity index (χ1v) is 7.21. The van der Waals surface area contributed by atoms with Crippen LogP contribution in [0, 0.1) is 0 Å². The summed E-state index contributed by atoms with van der Waals surface area (Å²) in [6, 6.07) is -1.39. The summed E-state index contributed by atoms with van der Waals surface area (Å²) in [4.78, 5) is 17.4. The van der Waals surface area contributed by atoms with Crippen LogP contribution in [0.4, 0.5) is 39.5 Å². The molecular formula is C7H9F9O2Si. The van der Waals surface area contributed by atoms with E-state index in [0.29, 0.717) is 6.55 Å². The Morgan fingerprint density at radius 1 is 0.789 bits per heavy atom. The summed E-state index contributed by atoms with van der Waals surface area (Å²) in [5, 5.41) is 0. The molecule has 0 fully saturated rings. The topological polar surface area (TPSA) is 40.5 Å². The molecule has 0 saturated heterocycles. The third-order valence-corrected chi connectivity index (χ3v) is 3.32. The van der Waals surface area contributed by atoms with Gasteiger partial charge in [-0.3, -0.25) is 0 Å². The summed E-state index contributed by atoms with van der Waals surface area (Å²) >= 11 is 0. The zero-order chi connectivity index (χ0) is 15.9. The molecule has 0 aromatic rings. The van der Waals surface area contributed by atoms with Crippen molar-refractivity contribution < 1.29 is 49.1 Å². The van der Waals surface area contributed by atoms with Crippen molar-refractivity contribution >= 4 is 8.56 Å². The predicted octanol–water partition coefficient (Wildman–Crippen LogP) is 2.90. The van der Waals surface area contributed by atoms with E-state index >= 15 is 0 Å². The van der Waals surface area contributed by atoms with Crippen LogP contribution in [0.3, 0.4) is 0 Å². The molecule has 12 heteroatoms. The third kappa shape index (κ3) is 3.75. The number of halogens is 9. The number of hydrogen-bond acceptors (Lipinski definition) is 2. The second kappa shape index (κ2) is 4.81. The van der Waals surface area contributed by atoms with Gasteiger partial charge in [-0.15, -0.1) is 0 Å². The first-order valence-electron chi connectivity index (χ1n) is 4.61. The van der Waals surface area contributed by atoms with Crippen molar-refractivity contribution in [3.63, 3.8) is 0 Å². The van der Waals surface area contributed by atoms with Gasteiger partial charge in [-0.25, -0.2) is 0 Å². The van der Waals surface area contributed by atoms with Gasteiger partial charge in [0.25, 0.3) is 0 Å². The molecule has 19 heavy (non-hydrogen) atoms. The largest absolute Gasteiger partial charge is 0.460 e. The lowest BCUT2D eigenvalue weighted by molar-refractivity contribution is -0.396. The van der Waals surface area contributed by atoms with Crippen LogP contribution in [0.5, 0.6) is 0 Å². The smallest absolute Gasteiger partial charge is 0.411 e. The lowest BCUT2D eigenvalue weighted by Crippen LogP contribution is -2.61. The van der Waals surface area contributed by atoms with Crippen LogP contribution in [0.2, 0.25) is 12.6 Å². The second-order valence-electron chi connectivity index (χ2n) is 4.07. The zero-order valence-electron chi connectivity index (χ0n) is 9.21. The Kier molecular flexibility index (Phi) is 4.68. The number of rotatable bonds is 5. The van der Waals surface area contributed by atoms with Gasteiger partial charge in [-0.1, -0.05) is 0 Å². The van der Waals surface area contributed by atoms with E-state index in [2.05, 4.69) is 0 Å². The Morgan fingerprint density at radius 2 is 1.16 bits per heavy atom. The predicted molar refractivity (Wildman–Crippen MR) is 46.4 cm³/mol. The van der Waals surface area contributed by atoms with Crippen molar-refractivity contribution in [2.45, 2.75) is 43.0 Å². The fourth-order valence-electron chi connectivity index (χ4n) is 0.958. The van der Waals surface area contributed by atoms with Gasteiger partial charge >= 0.3 is 32.5 Å². The third-order valence-electron chi connectivity index (χ3n) is 2.12. The van der Waals surface area contributed by atoms with Crippen LogP contribution in [-0.4, -0.2) is 42.1 Å². The molecule has 0 amide bonds. The molecule has 0 unspecified atom stereocenters. The van der Waals surface area contributed by atoms with E-state index in [0.717, 1.165) is 0 Å². The van der Waals surface area contributed by atoms with Crippen LogP contribution in [0.25, 0.3) is 0 Å². The van der Waals surface area contributed by atoms with Crippen LogP contribution in [0.1, 0.15) is 6.42 Å². The minimum atomic E-state index is -6.94. The second-order valence-corrected chi connectivity index (χ2v) is 7.00. The fraction of sp³-hybridized carbons (Fsp3) is 1.00. The van der Waals surface area contributed by atoms with Gasteiger partial charge in [-0.05, 0) is 12.6 Å². The minimum absolute atomic E-state index is 0.614. The lowest BCUT2D eigenvalue weighted by Gasteiger charge is -2.34. The Morgan fingerprint density at radius 3 is 1.42 bits per heavy atom. The highest BCUT2D eigenvalue weighted by Crippen LogP contribution is 2.54. The Labute approximate surface area is 102 Å². The molecular weight excluding hydrogens is 315 g/mol. The molecule has 2 N–H and O–H groups in total. The van der Waals surface area contributed by atoms with Crippen LogP contribution in [-0.2, 0) is 0 Å². The monoisotopic (exact) mass is 324 g/mol. The highest BCUT2D eigenvalue weighted by Gasteiger charge is 2.81. The first-order chi connectivity index (χ1) is 7.96. The van der Waals surface area contributed by atoms with Crippen LogP contribution < -0.4 is 0 Å². The van der Waals surface area contributed by atoms with Crippen LogP contribution in [0.15, 0.2) is 0 Å². The fourth-order valence-corrected chi connectivity index (χ4v) is 1.75. The summed E-state index contributed by atoms with van der Waals surface area (Å²) in [6.45, 7) is 0.614. The van der Waals surface area contributed by atoms with Crippen LogP contribution >= 0.6 is 0 Å². The maximum absolute atomic E-state index is 12.8. The molecule has 2 nitrogen and oxygen atoms in total. The number of alkyl halides is 9. The SMILES string of the molecule is C[Si](O)(O)CCC(F)(F)C(F)(F)C(F)(F)C(F)(F)F. The standard InChI is InChI=1S/C7H9F9O2Si/c1-19(17,18)3-2-4(8,9)5(10,11)6(12,13)7(14,15)16/h17-18H,2-3H2,1H3. The average molecular weight is 324 g/mol. The quantitative estimate of drug-likeness (QED) is 0.603. The summed E-state index contributed by atoms with van der Waals surface area (Å²) < 4.78 is 111. The Hall–Kier alpha value is -0.493. The molecule has 0 spiro atoms. The molecule has 0 saturated carbocycles. The van der Waals surface area contributed by atoms with Crippen molar-refractivity contribution in [2.75, 3.05) is 0 Å². The van der Waals surface area contributed by atoms with E-state index in [1.54, 1.807) is 0 Å². The summed E-state index contributed by atoms with van der Waals surface area (Å²) in [6.07, 6.45) is -9.07. The van der Waals surface area contributed by atoms with E-state index in [9.17, 15) is 39.5 Å². The minimum Gasteiger partial charge on any atom is -0.411 e. The molecule has 0 bridgehead atoms. The van der Waals surface area contributed by atoms with Gasteiger partial charge < -0.3 is 9.59 Å². The average Bonchev–Trinajstić information content (AvgIpc) is 2.11. The van der Waals surface area contributed by atoms with Crippen molar-refractivity contribution in [3.8, 4) is 0 Å². The van der Waals surface area contributed by atoms with E-state index in [4.69, 9.17) is 9.59 Å². The number of hydrogen-bond donors (Lipinski definition) is 2. The van der Waals surface area contributed by atoms with E-state index < -0.39 is 45.0 Å². The molecule has 0 heterocycles. The molecule has 0 aliphatic heterocycles. The van der Waals surface area contributed by atoms with Gasteiger partial charge in [0.05, 0.1) is 0 Å². The maximum Gasteiger partial charge on any atom is 0.460 e. The molecule has 0 aliphatic carbocycles. The van der Waals surface area contributed by atoms with Gasteiger partial charge in [0.2, 0.25) is 0 Å². The summed E-state index contributed by atoms with van der Waals surface area (Å²) in [7, 11) is -4.29. The lowest BCUT2D eigenvalue weighted by atomic mass is 10.0. The molecule has 0 atom stereocenters. The molecule has 0 radical (unpaired) electrons. The van der Waals surface area contributed by atoms with Gasteiger partial charge in [0.1, 0.15) is 0 Å². The van der Waals surface area contributed by atoms with Crippen molar-refractivity contribution in [1.29, 1.82) is 0 Å². The molecule has 116 valence electrons. The van der Waals surface area contributed by atoms with Gasteiger partial charge in [0.15, 0.2) is 0 Å². The maximum atomic E-state index is 12.8. The molecule has 0 rings (SSSR count). The summed E-state index contributed by atoms with van der Waals surface area (Å²) in [5.74, 6) is -19.4. The Bertz CT molecular complexity index is 320. The first kappa shape index (κ1) is 18.5. The van der Waals surface area contributed by atoms with Crippen molar-refractivity contribution in [2.24, 2.45) is 0 Å². The zero-order valence-corrected chi connectivity index (χ0v) is 10.2.